The Bertz CT molecular complexity index is 910. The Morgan fingerprint density at radius 3 is 3.17 bits per heavy atom. The summed E-state index contributed by atoms with van der Waals surface area (Å²) < 4.78 is 7.91. The number of carbonyl (C=O) groups excluding carboxylic acids is 1. The number of aromatic nitrogens is 3. The highest BCUT2D eigenvalue weighted by Crippen LogP contribution is 2.31. The SMILES string of the molecule is Cn1nc(Br)c2c(NC(=O)c3ncoc3C3CCCN3)cccc21. The Kier molecular flexibility index (Phi) is 3.85. The van der Waals surface area contributed by atoms with Gasteiger partial charge in [-0.05, 0) is 47.4 Å². The van der Waals surface area contributed by atoms with E-state index in [9.17, 15) is 4.79 Å². The van der Waals surface area contributed by atoms with Gasteiger partial charge in [0.15, 0.2) is 17.8 Å². The van der Waals surface area contributed by atoms with Gasteiger partial charge in [-0.3, -0.25) is 9.48 Å². The predicted octanol–water partition coefficient (Wildman–Crippen LogP) is 3.00. The third kappa shape index (κ3) is 2.51. The van der Waals surface area contributed by atoms with Gasteiger partial charge in [0.25, 0.3) is 5.91 Å². The number of benzene rings is 1. The predicted molar refractivity (Wildman–Crippen MR) is 92.8 cm³/mol. The van der Waals surface area contributed by atoms with Gasteiger partial charge in [0.1, 0.15) is 4.60 Å². The van der Waals surface area contributed by atoms with Crippen molar-refractivity contribution in [3.63, 3.8) is 0 Å². The molecule has 2 aromatic heterocycles. The van der Waals surface area contributed by atoms with Crippen molar-refractivity contribution in [1.82, 2.24) is 20.1 Å². The van der Waals surface area contributed by atoms with E-state index in [1.807, 2.05) is 25.2 Å². The molecule has 1 aromatic carbocycles. The van der Waals surface area contributed by atoms with Gasteiger partial charge in [-0.2, -0.15) is 5.10 Å². The summed E-state index contributed by atoms with van der Waals surface area (Å²) in [6.07, 6.45) is 3.33. The molecular formula is C16H16BrN5O2. The van der Waals surface area contributed by atoms with Crippen LogP contribution < -0.4 is 10.6 Å². The molecule has 0 bridgehead atoms. The molecule has 1 aliphatic rings. The summed E-state index contributed by atoms with van der Waals surface area (Å²) in [4.78, 5) is 16.8. The second kappa shape index (κ2) is 6.03. The maximum Gasteiger partial charge on any atom is 0.277 e. The number of fused-ring (bicyclic) bond motifs is 1. The highest BCUT2D eigenvalue weighted by Gasteiger charge is 2.27. The maximum atomic E-state index is 12.7. The van der Waals surface area contributed by atoms with Crippen molar-refractivity contribution in [2.45, 2.75) is 18.9 Å². The lowest BCUT2D eigenvalue weighted by Gasteiger charge is -2.09. The van der Waals surface area contributed by atoms with Crippen LogP contribution in [-0.4, -0.2) is 27.2 Å². The molecular weight excluding hydrogens is 374 g/mol. The van der Waals surface area contributed by atoms with E-state index in [1.165, 1.54) is 6.39 Å². The second-order valence-electron chi connectivity index (χ2n) is 5.78. The molecule has 1 fully saturated rings. The van der Waals surface area contributed by atoms with Crippen LogP contribution in [0.3, 0.4) is 0 Å². The minimum atomic E-state index is -0.282. The molecule has 4 rings (SSSR count). The Morgan fingerprint density at radius 1 is 1.50 bits per heavy atom. The first kappa shape index (κ1) is 15.3. The zero-order valence-corrected chi connectivity index (χ0v) is 14.6. The first-order valence-electron chi connectivity index (χ1n) is 7.74. The summed E-state index contributed by atoms with van der Waals surface area (Å²) in [5.41, 5.74) is 1.94. The van der Waals surface area contributed by atoms with Gasteiger partial charge < -0.3 is 15.1 Å². The van der Waals surface area contributed by atoms with Crippen molar-refractivity contribution in [3.05, 3.63) is 40.7 Å². The zero-order valence-electron chi connectivity index (χ0n) is 13.0. The fourth-order valence-corrected chi connectivity index (χ4v) is 3.78. The minimum absolute atomic E-state index is 0.0502. The van der Waals surface area contributed by atoms with Crippen molar-refractivity contribution >= 4 is 38.4 Å². The van der Waals surface area contributed by atoms with Crippen LogP contribution in [0.4, 0.5) is 5.69 Å². The molecule has 1 atom stereocenters. The first-order valence-corrected chi connectivity index (χ1v) is 8.54. The lowest BCUT2D eigenvalue weighted by atomic mass is 10.1. The third-order valence-corrected chi connectivity index (χ3v) is 4.83. The molecule has 3 aromatic rings. The fourth-order valence-electron chi connectivity index (χ4n) is 3.13. The molecule has 124 valence electrons. The molecule has 1 aliphatic heterocycles. The van der Waals surface area contributed by atoms with Crippen LogP contribution >= 0.6 is 15.9 Å². The average Bonchev–Trinajstić information content (AvgIpc) is 3.28. The van der Waals surface area contributed by atoms with Gasteiger partial charge in [-0.1, -0.05) is 6.07 Å². The second-order valence-corrected chi connectivity index (χ2v) is 6.53. The summed E-state index contributed by atoms with van der Waals surface area (Å²) in [5.74, 6) is 0.318. The summed E-state index contributed by atoms with van der Waals surface area (Å²) in [6.45, 7) is 0.925. The molecule has 2 N–H and O–H groups in total. The number of anilines is 1. The van der Waals surface area contributed by atoms with E-state index in [0.29, 0.717) is 21.7 Å². The molecule has 0 radical (unpaired) electrons. The third-order valence-electron chi connectivity index (χ3n) is 4.27. The standard InChI is InChI=1S/C16H16BrN5O2/c1-22-11-6-2-4-9(12(11)15(17)21-22)20-16(23)13-14(24-8-19-13)10-5-3-7-18-10/h2,4,6,8,10,18H,3,5,7H2,1H3,(H,20,23). The van der Waals surface area contributed by atoms with Crippen LogP contribution in [0, 0.1) is 0 Å². The summed E-state index contributed by atoms with van der Waals surface area (Å²) >= 11 is 3.45. The van der Waals surface area contributed by atoms with Gasteiger partial charge in [-0.25, -0.2) is 4.98 Å². The van der Waals surface area contributed by atoms with Crippen LogP contribution in [0.25, 0.3) is 10.9 Å². The van der Waals surface area contributed by atoms with Gasteiger partial charge in [0, 0.05) is 7.05 Å². The number of aryl methyl sites for hydroxylation is 1. The molecule has 1 amide bonds. The van der Waals surface area contributed by atoms with Crippen LogP contribution in [-0.2, 0) is 7.05 Å². The summed E-state index contributed by atoms with van der Waals surface area (Å²) in [5, 5.41) is 11.5. The highest BCUT2D eigenvalue weighted by molar-refractivity contribution is 9.10. The summed E-state index contributed by atoms with van der Waals surface area (Å²) in [7, 11) is 1.86. The molecule has 8 heteroatoms. The van der Waals surface area contributed by atoms with Crippen LogP contribution in [0.2, 0.25) is 0 Å². The number of nitrogens with zero attached hydrogens (tertiary/aromatic N) is 3. The number of oxazole rings is 1. The first-order chi connectivity index (χ1) is 11.6. The Balaban J connectivity index is 1.67. The molecule has 24 heavy (non-hydrogen) atoms. The maximum absolute atomic E-state index is 12.7. The van der Waals surface area contributed by atoms with Gasteiger partial charge in [-0.15, -0.1) is 0 Å². The van der Waals surface area contributed by atoms with Crippen molar-refractivity contribution in [1.29, 1.82) is 0 Å². The van der Waals surface area contributed by atoms with E-state index < -0.39 is 0 Å². The Labute approximate surface area is 146 Å². The zero-order chi connectivity index (χ0) is 16.7. The van der Waals surface area contributed by atoms with E-state index in [-0.39, 0.29) is 11.9 Å². The fraction of sp³-hybridized carbons (Fsp3) is 0.312. The number of hydrogen-bond acceptors (Lipinski definition) is 5. The van der Waals surface area contributed by atoms with Crippen LogP contribution in [0.5, 0.6) is 0 Å². The van der Waals surface area contributed by atoms with E-state index in [2.05, 4.69) is 36.6 Å². The van der Waals surface area contributed by atoms with Crippen LogP contribution in [0.15, 0.2) is 33.6 Å². The molecule has 0 spiro atoms. The molecule has 1 unspecified atom stereocenters. The van der Waals surface area contributed by atoms with Gasteiger partial charge in [0.05, 0.1) is 22.6 Å². The molecule has 0 aliphatic carbocycles. The lowest BCUT2D eigenvalue weighted by Crippen LogP contribution is -2.19. The normalized spacial score (nSPS) is 17.5. The van der Waals surface area contributed by atoms with E-state index in [0.717, 1.165) is 30.3 Å². The van der Waals surface area contributed by atoms with Crippen molar-refractivity contribution in [3.8, 4) is 0 Å². The monoisotopic (exact) mass is 389 g/mol. The largest absolute Gasteiger partial charge is 0.446 e. The highest BCUT2D eigenvalue weighted by atomic mass is 79.9. The Hall–Kier alpha value is -2.19. The Morgan fingerprint density at radius 2 is 2.38 bits per heavy atom. The van der Waals surface area contributed by atoms with E-state index in [1.54, 1.807) is 4.68 Å². The molecule has 3 heterocycles. The van der Waals surface area contributed by atoms with Crippen molar-refractivity contribution in [2.75, 3.05) is 11.9 Å². The average molecular weight is 390 g/mol. The van der Waals surface area contributed by atoms with E-state index >= 15 is 0 Å². The number of carbonyl (C=O) groups is 1. The van der Waals surface area contributed by atoms with Crippen molar-refractivity contribution in [2.24, 2.45) is 7.05 Å². The van der Waals surface area contributed by atoms with Crippen molar-refractivity contribution < 1.29 is 9.21 Å². The number of nitrogens with one attached hydrogen (secondary N) is 2. The van der Waals surface area contributed by atoms with Gasteiger partial charge >= 0.3 is 0 Å². The number of halogens is 1. The molecule has 1 saturated heterocycles. The lowest BCUT2D eigenvalue weighted by molar-refractivity contribution is 0.102. The van der Waals surface area contributed by atoms with E-state index in [4.69, 9.17) is 4.42 Å². The number of amides is 1. The number of hydrogen-bond donors (Lipinski definition) is 2. The molecule has 0 saturated carbocycles. The quantitative estimate of drug-likeness (QED) is 0.718. The van der Waals surface area contributed by atoms with Crippen LogP contribution in [0.1, 0.15) is 35.1 Å². The minimum Gasteiger partial charge on any atom is -0.446 e. The topological polar surface area (TPSA) is 85.0 Å². The van der Waals surface area contributed by atoms with Gasteiger partial charge in [0.2, 0.25) is 0 Å². The summed E-state index contributed by atoms with van der Waals surface area (Å²) in [6, 6.07) is 5.73. The molecule has 7 nitrogen and oxygen atoms in total. The smallest absolute Gasteiger partial charge is 0.277 e. The number of rotatable bonds is 3.